The van der Waals surface area contributed by atoms with Crippen LogP contribution in [-0.4, -0.2) is 19.3 Å². The molecule has 2 rings (SSSR count). The third kappa shape index (κ3) is 3.08. The van der Waals surface area contributed by atoms with Crippen LogP contribution in [0.25, 0.3) is 0 Å². The Hall–Kier alpha value is -0.860. The van der Waals surface area contributed by atoms with Crippen LogP contribution in [0.15, 0.2) is 30.3 Å². The van der Waals surface area contributed by atoms with E-state index in [2.05, 4.69) is 37.3 Å². The highest BCUT2D eigenvalue weighted by Gasteiger charge is 2.27. The van der Waals surface area contributed by atoms with Crippen LogP contribution in [0, 0.1) is 5.92 Å². The molecule has 1 fully saturated rings. The van der Waals surface area contributed by atoms with Crippen LogP contribution in [0.1, 0.15) is 37.7 Å². The van der Waals surface area contributed by atoms with E-state index >= 15 is 0 Å². The van der Waals surface area contributed by atoms with Crippen molar-refractivity contribution in [2.24, 2.45) is 11.7 Å². The van der Waals surface area contributed by atoms with E-state index in [1.165, 1.54) is 5.56 Å². The SMILES string of the molecule is CCC(c1ccccc1)C(N)C1CCOCC1. The molecule has 0 spiro atoms. The topological polar surface area (TPSA) is 35.2 Å². The number of rotatable bonds is 4. The lowest BCUT2D eigenvalue weighted by Gasteiger charge is -2.33. The van der Waals surface area contributed by atoms with Crippen molar-refractivity contribution in [3.8, 4) is 0 Å². The maximum atomic E-state index is 6.48. The Labute approximate surface area is 104 Å². The zero-order chi connectivity index (χ0) is 12.1. The van der Waals surface area contributed by atoms with E-state index in [9.17, 15) is 0 Å². The maximum Gasteiger partial charge on any atom is 0.0469 e. The second kappa shape index (κ2) is 6.18. The van der Waals surface area contributed by atoms with Gasteiger partial charge in [-0.2, -0.15) is 0 Å². The van der Waals surface area contributed by atoms with Gasteiger partial charge in [-0.05, 0) is 36.7 Å². The summed E-state index contributed by atoms with van der Waals surface area (Å²) in [6.07, 6.45) is 3.34. The molecule has 0 aromatic heterocycles. The highest BCUT2D eigenvalue weighted by atomic mass is 16.5. The summed E-state index contributed by atoms with van der Waals surface area (Å²) in [6.45, 7) is 3.99. The van der Waals surface area contributed by atoms with E-state index in [1.54, 1.807) is 0 Å². The molecular weight excluding hydrogens is 210 g/mol. The highest BCUT2D eigenvalue weighted by molar-refractivity contribution is 5.21. The van der Waals surface area contributed by atoms with Crippen molar-refractivity contribution in [2.75, 3.05) is 13.2 Å². The molecule has 0 bridgehead atoms. The summed E-state index contributed by atoms with van der Waals surface area (Å²) in [6, 6.07) is 11.0. The zero-order valence-electron chi connectivity index (χ0n) is 10.6. The van der Waals surface area contributed by atoms with Crippen molar-refractivity contribution in [3.05, 3.63) is 35.9 Å². The van der Waals surface area contributed by atoms with E-state index in [-0.39, 0.29) is 6.04 Å². The predicted octanol–water partition coefficient (Wildman–Crippen LogP) is 2.93. The minimum Gasteiger partial charge on any atom is -0.381 e. The van der Waals surface area contributed by atoms with Gasteiger partial charge in [-0.25, -0.2) is 0 Å². The number of ether oxygens (including phenoxy) is 1. The second-order valence-corrected chi connectivity index (χ2v) is 4.95. The molecule has 0 saturated carbocycles. The fourth-order valence-electron chi connectivity index (χ4n) is 2.86. The summed E-state index contributed by atoms with van der Waals surface area (Å²) in [5, 5.41) is 0. The van der Waals surface area contributed by atoms with Crippen LogP contribution in [0.3, 0.4) is 0 Å². The van der Waals surface area contributed by atoms with Crippen LogP contribution >= 0.6 is 0 Å². The Morgan fingerprint density at radius 1 is 1.24 bits per heavy atom. The van der Waals surface area contributed by atoms with Gasteiger partial charge in [0, 0.05) is 19.3 Å². The van der Waals surface area contributed by atoms with E-state index < -0.39 is 0 Å². The monoisotopic (exact) mass is 233 g/mol. The summed E-state index contributed by atoms with van der Waals surface area (Å²) in [5.41, 5.74) is 7.86. The molecule has 1 aliphatic heterocycles. The van der Waals surface area contributed by atoms with Crippen LogP contribution in [0.4, 0.5) is 0 Å². The van der Waals surface area contributed by atoms with Gasteiger partial charge in [0.1, 0.15) is 0 Å². The lowest BCUT2D eigenvalue weighted by atomic mass is 9.79. The van der Waals surface area contributed by atoms with Crippen LogP contribution in [0.2, 0.25) is 0 Å². The van der Waals surface area contributed by atoms with Gasteiger partial charge in [0.15, 0.2) is 0 Å². The van der Waals surface area contributed by atoms with Gasteiger partial charge in [-0.3, -0.25) is 0 Å². The number of benzene rings is 1. The summed E-state index contributed by atoms with van der Waals surface area (Å²) in [4.78, 5) is 0. The third-order valence-electron chi connectivity index (χ3n) is 3.94. The normalized spacial score (nSPS) is 21.1. The smallest absolute Gasteiger partial charge is 0.0469 e. The summed E-state index contributed by atoms with van der Waals surface area (Å²) >= 11 is 0. The molecule has 2 unspecified atom stereocenters. The first-order valence-electron chi connectivity index (χ1n) is 6.71. The molecule has 1 heterocycles. The first kappa shape index (κ1) is 12.6. The largest absolute Gasteiger partial charge is 0.381 e. The average molecular weight is 233 g/mol. The molecule has 1 aliphatic rings. The Morgan fingerprint density at radius 3 is 2.47 bits per heavy atom. The molecule has 94 valence electrons. The van der Waals surface area contributed by atoms with Crippen LogP contribution in [-0.2, 0) is 4.74 Å². The van der Waals surface area contributed by atoms with Gasteiger partial charge in [0.2, 0.25) is 0 Å². The lowest BCUT2D eigenvalue weighted by Crippen LogP contribution is -2.39. The van der Waals surface area contributed by atoms with Crippen LogP contribution in [0.5, 0.6) is 0 Å². The molecule has 0 radical (unpaired) electrons. The fraction of sp³-hybridized carbons (Fsp3) is 0.600. The summed E-state index contributed by atoms with van der Waals surface area (Å²) < 4.78 is 5.41. The first-order chi connectivity index (χ1) is 8.33. The van der Waals surface area contributed by atoms with Crippen molar-refractivity contribution in [2.45, 2.75) is 38.1 Å². The quantitative estimate of drug-likeness (QED) is 0.867. The summed E-state index contributed by atoms with van der Waals surface area (Å²) in [7, 11) is 0. The van der Waals surface area contributed by atoms with Crippen molar-refractivity contribution < 1.29 is 4.74 Å². The Kier molecular flexibility index (Phi) is 4.57. The van der Waals surface area contributed by atoms with E-state index in [4.69, 9.17) is 10.5 Å². The van der Waals surface area contributed by atoms with Gasteiger partial charge in [0.25, 0.3) is 0 Å². The number of hydrogen-bond donors (Lipinski definition) is 1. The predicted molar refractivity (Wildman–Crippen MR) is 71.0 cm³/mol. The lowest BCUT2D eigenvalue weighted by molar-refractivity contribution is 0.0550. The molecule has 1 aromatic rings. The molecular formula is C15H23NO. The van der Waals surface area contributed by atoms with Crippen molar-refractivity contribution in [1.29, 1.82) is 0 Å². The first-order valence-corrected chi connectivity index (χ1v) is 6.71. The van der Waals surface area contributed by atoms with Crippen molar-refractivity contribution >= 4 is 0 Å². The van der Waals surface area contributed by atoms with Crippen molar-refractivity contribution in [3.63, 3.8) is 0 Å². The van der Waals surface area contributed by atoms with E-state index in [0.717, 1.165) is 32.5 Å². The molecule has 0 amide bonds. The minimum atomic E-state index is 0.270. The maximum absolute atomic E-state index is 6.48. The standard InChI is InChI=1S/C15H23NO/c1-2-14(12-6-4-3-5-7-12)15(16)13-8-10-17-11-9-13/h3-7,13-15H,2,8-11,16H2,1H3. The average Bonchev–Trinajstić information content (AvgIpc) is 2.42. The van der Waals surface area contributed by atoms with E-state index in [0.29, 0.717) is 11.8 Å². The Balaban J connectivity index is 2.07. The molecule has 0 aliphatic carbocycles. The molecule has 2 heteroatoms. The fourth-order valence-corrected chi connectivity index (χ4v) is 2.86. The second-order valence-electron chi connectivity index (χ2n) is 4.95. The van der Waals surface area contributed by atoms with E-state index in [1.807, 2.05) is 0 Å². The van der Waals surface area contributed by atoms with Gasteiger partial charge in [-0.15, -0.1) is 0 Å². The number of hydrogen-bond acceptors (Lipinski definition) is 2. The van der Waals surface area contributed by atoms with Crippen LogP contribution < -0.4 is 5.73 Å². The molecule has 1 saturated heterocycles. The Morgan fingerprint density at radius 2 is 1.88 bits per heavy atom. The molecule has 2 nitrogen and oxygen atoms in total. The van der Waals surface area contributed by atoms with Gasteiger partial charge in [-0.1, -0.05) is 37.3 Å². The molecule has 2 N–H and O–H groups in total. The molecule has 2 atom stereocenters. The minimum absolute atomic E-state index is 0.270. The Bertz CT molecular complexity index is 319. The van der Waals surface area contributed by atoms with Gasteiger partial charge < -0.3 is 10.5 Å². The number of nitrogens with two attached hydrogens (primary N) is 1. The summed E-state index contributed by atoms with van der Waals surface area (Å²) in [5.74, 6) is 1.10. The molecule has 17 heavy (non-hydrogen) atoms. The van der Waals surface area contributed by atoms with Gasteiger partial charge in [0.05, 0.1) is 0 Å². The van der Waals surface area contributed by atoms with Crippen molar-refractivity contribution in [1.82, 2.24) is 0 Å². The third-order valence-corrected chi connectivity index (χ3v) is 3.94. The highest BCUT2D eigenvalue weighted by Crippen LogP contribution is 2.30. The zero-order valence-corrected chi connectivity index (χ0v) is 10.6. The molecule has 1 aromatic carbocycles. The van der Waals surface area contributed by atoms with Gasteiger partial charge >= 0.3 is 0 Å².